The van der Waals surface area contributed by atoms with Gasteiger partial charge in [0, 0.05) is 34.7 Å². The predicted octanol–water partition coefficient (Wildman–Crippen LogP) is 3.74. The van der Waals surface area contributed by atoms with E-state index in [1.165, 1.54) is 16.5 Å². The van der Waals surface area contributed by atoms with Crippen LogP contribution >= 0.6 is 15.9 Å². The van der Waals surface area contributed by atoms with E-state index in [1.807, 2.05) is 0 Å². The minimum Gasteiger partial charge on any atom is -0.361 e. The molecule has 1 aromatic heterocycles. The molecular weight excluding hydrogens is 314 g/mol. The van der Waals surface area contributed by atoms with Crippen molar-refractivity contribution < 1.29 is 0 Å². The number of nitrogens with zero attached hydrogens (tertiary/aromatic N) is 1. The van der Waals surface area contributed by atoms with Gasteiger partial charge in [0.1, 0.15) is 0 Å². The van der Waals surface area contributed by atoms with Gasteiger partial charge in [-0.15, -0.1) is 0 Å². The van der Waals surface area contributed by atoms with Crippen molar-refractivity contribution in [2.75, 3.05) is 19.6 Å². The Bertz CT molecular complexity index is 574. The van der Waals surface area contributed by atoms with Crippen LogP contribution in [-0.2, 0) is 6.54 Å². The standard InChI is InChI=1S/C16H24BrN3/c1-4-20(11-16(2,3)10-18)9-12-8-19-15-6-5-13(17)7-14(12)15/h5-8,19H,4,9-11,18H2,1-3H3. The molecule has 3 N–H and O–H groups in total. The number of H-pyrrole nitrogens is 1. The average Bonchev–Trinajstić information content (AvgIpc) is 2.80. The first-order valence-electron chi connectivity index (χ1n) is 7.13. The third kappa shape index (κ3) is 3.62. The van der Waals surface area contributed by atoms with Gasteiger partial charge < -0.3 is 10.7 Å². The van der Waals surface area contributed by atoms with E-state index in [1.54, 1.807) is 0 Å². The molecule has 1 aromatic carbocycles. The average molecular weight is 338 g/mol. The highest BCUT2D eigenvalue weighted by Crippen LogP contribution is 2.25. The zero-order chi connectivity index (χ0) is 14.8. The number of halogens is 1. The Hall–Kier alpha value is -0.840. The van der Waals surface area contributed by atoms with Crippen molar-refractivity contribution in [2.45, 2.75) is 27.3 Å². The van der Waals surface area contributed by atoms with E-state index in [9.17, 15) is 0 Å². The molecule has 0 amide bonds. The van der Waals surface area contributed by atoms with Crippen LogP contribution in [0.15, 0.2) is 28.9 Å². The van der Waals surface area contributed by atoms with Crippen LogP contribution in [0, 0.1) is 5.41 Å². The Labute approximate surface area is 129 Å². The van der Waals surface area contributed by atoms with Crippen molar-refractivity contribution in [3.8, 4) is 0 Å². The van der Waals surface area contributed by atoms with Gasteiger partial charge in [-0.05, 0) is 42.3 Å². The molecule has 20 heavy (non-hydrogen) atoms. The second kappa shape index (κ2) is 6.29. The van der Waals surface area contributed by atoms with Crippen molar-refractivity contribution in [1.82, 2.24) is 9.88 Å². The molecule has 0 atom stereocenters. The van der Waals surface area contributed by atoms with Crippen molar-refractivity contribution in [3.63, 3.8) is 0 Å². The Kier molecular flexibility index (Phi) is 4.89. The van der Waals surface area contributed by atoms with Crippen LogP contribution in [0.2, 0.25) is 0 Å². The number of nitrogens with two attached hydrogens (primary N) is 1. The zero-order valence-electron chi connectivity index (χ0n) is 12.5. The summed E-state index contributed by atoms with van der Waals surface area (Å²) in [5.41, 5.74) is 8.54. The lowest BCUT2D eigenvalue weighted by Gasteiger charge is -2.30. The molecule has 2 aromatic rings. The number of rotatable bonds is 6. The number of hydrogen-bond acceptors (Lipinski definition) is 2. The summed E-state index contributed by atoms with van der Waals surface area (Å²) >= 11 is 3.55. The maximum absolute atomic E-state index is 5.85. The molecule has 1 heterocycles. The molecule has 0 radical (unpaired) electrons. The summed E-state index contributed by atoms with van der Waals surface area (Å²) in [6.45, 7) is 10.4. The van der Waals surface area contributed by atoms with E-state index in [0.717, 1.165) is 24.1 Å². The summed E-state index contributed by atoms with van der Waals surface area (Å²) in [5.74, 6) is 0. The molecule has 0 saturated carbocycles. The predicted molar refractivity (Wildman–Crippen MR) is 89.8 cm³/mol. The van der Waals surface area contributed by atoms with Crippen LogP contribution in [0.3, 0.4) is 0 Å². The van der Waals surface area contributed by atoms with E-state index in [4.69, 9.17) is 5.73 Å². The zero-order valence-corrected chi connectivity index (χ0v) is 14.1. The lowest BCUT2D eigenvalue weighted by Crippen LogP contribution is -2.38. The molecule has 0 spiro atoms. The molecular formula is C16H24BrN3. The SMILES string of the molecule is CCN(Cc1c[nH]c2ccc(Br)cc12)CC(C)(C)CN. The summed E-state index contributed by atoms with van der Waals surface area (Å²) in [6, 6.07) is 6.36. The molecule has 0 aliphatic carbocycles. The third-order valence-electron chi connectivity index (χ3n) is 3.77. The normalized spacial score (nSPS) is 12.5. The Morgan fingerprint density at radius 2 is 2.10 bits per heavy atom. The second-order valence-electron chi connectivity index (χ2n) is 6.18. The van der Waals surface area contributed by atoms with Gasteiger partial charge in [-0.2, -0.15) is 0 Å². The molecule has 0 aliphatic heterocycles. The van der Waals surface area contributed by atoms with E-state index in [-0.39, 0.29) is 5.41 Å². The van der Waals surface area contributed by atoms with Crippen LogP contribution in [0.5, 0.6) is 0 Å². The summed E-state index contributed by atoms with van der Waals surface area (Å²) in [5, 5.41) is 1.29. The van der Waals surface area contributed by atoms with E-state index in [0.29, 0.717) is 6.54 Å². The fraction of sp³-hybridized carbons (Fsp3) is 0.500. The number of aromatic amines is 1. The molecule has 3 nitrogen and oxygen atoms in total. The van der Waals surface area contributed by atoms with Crippen LogP contribution < -0.4 is 5.73 Å². The smallest absolute Gasteiger partial charge is 0.0458 e. The van der Waals surface area contributed by atoms with Crippen LogP contribution in [0.25, 0.3) is 10.9 Å². The number of hydrogen-bond donors (Lipinski definition) is 2. The lowest BCUT2D eigenvalue weighted by atomic mass is 9.93. The molecule has 110 valence electrons. The van der Waals surface area contributed by atoms with Gasteiger partial charge in [-0.1, -0.05) is 36.7 Å². The fourth-order valence-corrected chi connectivity index (χ4v) is 2.83. The molecule has 2 rings (SSSR count). The second-order valence-corrected chi connectivity index (χ2v) is 7.09. The van der Waals surface area contributed by atoms with Crippen molar-refractivity contribution in [3.05, 3.63) is 34.4 Å². The van der Waals surface area contributed by atoms with Crippen molar-refractivity contribution >= 4 is 26.8 Å². The minimum absolute atomic E-state index is 0.155. The van der Waals surface area contributed by atoms with Gasteiger partial charge in [-0.25, -0.2) is 0 Å². The fourth-order valence-electron chi connectivity index (χ4n) is 2.47. The highest BCUT2D eigenvalue weighted by Gasteiger charge is 2.20. The van der Waals surface area contributed by atoms with Crippen molar-refractivity contribution in [1.29, 1.82) is 0 Å². The first-order chi connectivity index (χ1) is 9.45. The topological polar surface area (TPSA) is 45.0 Å². The van der Waals surface area contributed by atoms with Gasteiger partial charge in [-0.3, -0.25) is 4.90 Å². The first kappa shape index (κ1) is 15.5. The highest BCUT2D eigenvalue weighted by molar-refractivity contribution is 9.10. The quantitative estimate of drug-likeness (QED) is 0.843. The van der Waals surface area contributed by atoms with E-state index >= 15 is 0 Å². The first-order valence-corrected chi connectivity index (χ1v) is 7.92. The van der Waals surface area contributed by atoms with Gasteiger partial charge in [0.2, 0.25) is 0 Å². The van der Waals surface area contributed by atoms with Gasteiger partial charge >= 0.3 is 0 Å². The summed E-state index contributed by atoms with van der Waals surface area (Å²) in [7, 11) is 0. The van der Waals surface area contributed by atoms with E-state index in [2.05, 4.69) is 71.0 Å². The number of benzene rings is 1. The summed E-state index contributed by atoms with van der Waals surface area (Å²) < 4.78 is 1.12. The van der Waals surface area contributed by atoms with Gasteiger partial charge in [0.25, 0.3) is 0 Å². The minimum atomic E-state index is 0.155. The largest absolute Gasteiger partial charge is 0.361 e. The monoisotopic (exact) mass is 337 g/mol. The van der Waals surface area contributed by atoms with Crippen LogP contribution in [-0.4, -0.2) is 29.5 Å². The molecule has 0 aliphatic rings. The molecule has 0 saturated heterocycles. The van der Waals surface area contributed by atoms with Gasteiger partial charge in [0.05, 0.1) is 0 Å². The van der Waals surface area contributed by atoms with Gasteiger partial charge in [0.15, 0.2) is 0 Å². The Morgan fingerprint density at radius 3 is 2.75 bits per heavy atom. The number of aromatic nitrogens is 1. The van der Waals surface area contributed by atoms with E-state index < -0.39 is 0 Å². The Morgan fingerprint density at radius 1 is 1.35 bits per heavy atom. The third-order valence-corrected chi connectivity index (χ3v) is 4.27. The molecule has 0 fully saturated rings. The summed E-state index contributed by atoms with van der Waals surface area (Å²) in [4.78, 5) is 5.80. The lowest BCUT2D eigenvalue weighted by molar-refractivity contribution is 0.184. The molecule has 0 bridgehead atoms. The Balaban J connectivity index is 2.19. The summed E-state index contributed by atoms with van der Waals surface area (Å²) in [6.07, 6.45) is 2.12. The highest BCUT2D eigenvalue weighted by atomic mass is 79.9. The maximum Gasteiger partial charge on any atom is 0.0458 e. The van der Waals surface area contributed by atoms with Crippen LogP contribution in [0.1, 0.15) is 26.3 Å². The number of nitrogens with one attached hydrogen (secondary N) is 1. The molecule has 4 heteroatoms. The van der Waals surface area contributed by atoms with Crippen molar-refractivity contribution in [2.24, 2.45) is 11.1 Å². The maximum atomic E-state index is 5.85. The number of fused-ring (bicyclic) bond motifs is 1. The molecule has 0 unspecified atom stereocenters. The van der Waals surface area contributed by atoms with Crippen LogP contribution in [0.4, 0.5) is 0 Å².